The predicted octanol–water partition coefficient (Wildman–Crippen LogP) is 2.11. The van der Waals surface area contributed by atoms with E-state index >= 15 is 0 Å². The molecule has 0 aliphatic rings. The summed E-state index contributed by atoms with van der Waals surface area (Å²) in [5.74, 6) is -0.846. The fourth-order valence-corrected chi connectivity index (χ4v) is 1.67. The van der Waals surface area contributed by atoms with Crippen molar-refractivity contribution in [1.29, 1.82) is 0 Å². The molecule has 1 aromatic heterocycles. The van der Waals surface area contributed by atoms with Gasteiger partial charge in [-0.15, -0.1) is 0 Å². The van der Waals surface area contributed by atoms with Crippen molar-refractivity contribution in [3.8, 4) is 0 Å². The summed E-state index contributed by atoms with van der Waals surface area (Å²) in [5, 5.41) is 12.7. The van der Waals surface area contributed by atoms with Gasteiger partial charge < -0.3 is 9.94 Å². The van der Waals surface area contributed by atoms with Gasteiger partial charge in [0.1, 0.15) is 18.6 Å². The van der Waals surface area contributed by atoms with Crippen molar-refractivity contribution < 1.29 is 14.7 Å². The summed E-state index contributed by atoms with van der Waals surface area (Å²) >= 11 is 0. The molecule has 1 aromatic carbocycles. The third-order valence-corrected chi connectivity index (χ3v) is 2.65. The molecule has 2 aromatic rings. The summed E-state index contributed by atoms with van der Waals surface area (Å²) < 4.78 is 0. The number of hydrogen-bond acceptors (Lipinski definition) is 5. The lowest BCUT2D eigenvalue weighted by Crippen LogP contribution is -2.07. The van der Waals surface area contributed by atoms with Crippen LogP contribution in [-0.2, 0) is 9.63 Å². The minimum absolute atomic E-state index is 0.0592. The molecular formula is C15H15N3O3. The number of hydrogen-bond donors (Lipinski definition) is 1. The lowest BCUT2D eigenvalue weighted by atomic mass is 10.1. The Morgan fingerprint density at radius 1 is 1.24 bits per heavy atom. The van der Waals surface area contributed by atoms with Crippen LogP contribution in [0.2, 0.25) is 0 Å². The molecule has 0 unspecified atom stereocenters. The van der Waals surface area contributed by atoms with Crippen LogP contribution in [0.4, 0.5) is 0 Å². The van der Waals surface area contributed by atoms with E-state index in [4.69, 9.17) is 9.94 Å². The maximum absolute atomic E-state index is 10.4. The second kappa shape index (κ2) is 7.74. The summed E-state index contributed by atoms with van der Waals surface area (Å²) in [6.07, 6.45) is 3.54. The Balaban J connectivity index is 2.11. The maximum Gasteiger partial charge on any atom is 0.303 e. The molecule has 2 rings (SSSR count). The van der Waals surface area contributed by atoms with E-state index in [1.54, 1.807) is 12.3 Å². The van der Waals surface area contributed by atoms with Gasteiger partial charge in [-0.3, -0.25) is 4.79 Å². The molecule has 0 bridgehead atoms. The summed E-state index contributed by atoms with van der Waals surface area (Å²) in [6, 6.07) is 11.3. The van der Waals surface area contributed by atoms with Crippen LogP contribution in [0, 0.1) is 0 Å². The highest BCUT2D eigenvalue weighted by Crippen LogP contribution is 2.08. The molecule has 6 nitrogen and oxygen atoms in total. The number of carbonyl (C=O) groups is 1. The first-order valence-electron chi connectivity index (χ1n) is 6.51. The first-order chi connectivity index (χ1) is 10.3. The van der Waals surface area contributed by atoms with E-state index in [1.807, 2.05) is 30.3 Å². The van der Waals surface area contributed by atoms with Gasteiger partial charge in [-0.2, -0.15) is 0 Å². The van der Waals surface area contributed by atoms with Gasteiger partial charge in [0.25, 0.3) is 0 Å². The Labute approximate surface area is 122 Å². The number of carboxylic acids is 1. The summed E-state index contributed by atoms with van der Waals surface area (Å²) in [7, 11) is 0. The highest BCUT2D eigenvalue weighted by atomic mass is 16.6. The van der Waals surface area contributed by atoms with Crippen molar-refractivity contribution in [1.82, 2.24) is 9.97 Å². The van der Waals surface area contributed by atoms with Crippen molar-refractivity contribution in [3.05, 3.63) is 60.2 Å². The van der Waals surface area contributed by atoms with Crippen LogP contribution in [0.15, 0.2) is 54.1 Å². The SMILES string of the molecule is O=C(O)CCCO/N=C(/c1ccccc1)c1ccncn1. The summed E-state index contributed by atoms with van der Waals surface area (Å²) in [6.45, 7) is 0.244. The lowest BCUT2D eigenvalue weighted by molar-refractivity contribution is -0.137. The third kappa shape index (κ3) is 4.68. The number of aliphatic carboxylic acids is 1. The quantitative estimate of drug-likeness (QED) is 0.478. The highest BCUT2D eigenvalue weighted by Gasteiger charge is 2.08. The van der Waals surface area contributed by atoms with Crippen LogP contribution < -0.4 is 0 Å². The van der Waals surface area contributed by atoms with Gasteiger partial charge in [-0.1, -0.05) is 35.5 Å². The topological polar surface area (TPSA) is 84.7 Å². The first-order valence-corrected chi connectivity index (χ1v) is 6.51. The minimum Gasteiger partial charge on any atom is -0.481 e. The zero-order valence-electron chi connectivity index (χ0n) is 11.3. The summed E-state index contributed by atoms with van der Waals surface area (Å²) in [4.78, 5) is 23.7. The van der Waals surface area contributed by atoms with E-state index in [0.717, 1.165) is 5.56 Å². The average Bonchev–Trinajstić information content (AvgIpc) is 2.52. The molecule has 1 heterocycles. The number of oxime groups is 1. The van der Waals surface area contributed by atoms with Crippen molar-refractivity contribution in [2.75, 3.05) is 6.61 Å². The van der Waals surface area contributed by atoms with Gasteiger partial charge in [0.2, 0.25) is 0 Å². The normalized spacial score (nSPS) is 11.1. The van der Waals surface area contributed by atoms with Crippen molar-refractivity contribution in [2.45, 2.75) is 12.8 Å². The van der Waals surface area contributed by atoms with Crippen LogP contribution >= 0.6 is 0 Å². The molecule has 0 saturated heterocycles. The van der Waals surface area contributed by atoms with Gasteiger partial charge in [-0.25, -0.2) is 9.97 Å². The molecule has 0 atom stereocenters. The largest absolute Gasteiger partial charge is 0.481 e. The van der Waals surface area contributed by atoms with Gasteiger partial charge in [0, 0.05) is 18.2 Å². The third-order valence-electron chi connectivity index (χ3n) is 2.65. The van der Waals surface area contributed by atoms with E-state index in [9.17, 15) is 4.79 Å². The number of aromatic nitrogens is 2. The Morgan fingerprint density at radius 3 is 2.71 bits per heavy atom. The number of benzene rings is 1. The van der Waals surface area contributed by atoms with Crippen molar-refractivity contribution in [2.24, 2.45) is 5.16 Å². The van der Waals surface area contributed by atoms with Crippen LogP contribution in [0.1, 0.15) is 24.1 Å². The average molecular weight is 285 g/mol. The standard InChI is InChI=1S/C15H15N3O3/c19-14(20)7-4-10-21-18-15(12-5-2-1-3-6-12)13-8-9-16-11-17-13/h1-3,5-6,8-9,11H,4,7,10H2,(H,19,20)/b18-15-. The van der Waals surface area contributed by atoms with Crippen LogP contribution in [0.25, 0.3) is 0 Å². The number of carboxylic acid groups (broad SMARTS) is 1. The van der Waals surface area contributed by atoms with Crippen molar-refractivity contribution >= 4 is 11.7 Å². The first kappa shape index (κ1) is 14.6. The highest BCUT2D eigenvalue weighted by molar-refractivity contribution is 6.11. The Bertz CT molecular complexity index is 559. The minimum atomic E-state index is -0.846. The van der Waals surface area contributed by atoms with E-state index in [0.29, 0.717) is 17.8 Å². The number of rotatable bonds is 7. The van der Waals surface area contributed by atoms with E-state index < -0.39 is 5.97 Å². The molecular weight excluding hydrogens is 270 g/mol. The molecule has 0 spiro atoms. The van der Waals surface area contributed by atoms with Gasteiger partial charge in [0.15, 0.2) is 0 Å². The fraction of sp³-hybridized carbons (Fsp3) is 0.200. The molecule has 1 N–H and O–H groups in total. The maximum atomic E-state index is 10.4. The van der Waals surface area contributed by atoms with E-state index in [-0.39, 0.29) is 13.0 Å². The molecule has 0 amide bonds. The molecule has 0 saturated carbocycles. The lowest BCUT2D eigenvalue weighted by Gasteiger charge is -2.06. The van der Waals surface area contributed by atoms with Crippen LogP contribution in [0.3, 0.4) is 0 Å². The van der Waals surface area contributed by atoms with Crippen LogP contribution in [-0.4, -0.2) is 33.4 Å². The van der Waals surface area contributed by atoms with E-state index in [2.05, 4.69) is 15.1 Å². The zero-order chi connectivity index (χ0) is 14.9. The van der Waals surface area contributed by atoms with Crippen LogP contribution in [0.5, 0.6) is 0 Å². The fourth-order valence-electron chi connectivity index (χ4n) is 1.67. The second-order valence-corrected chi connectivity index (χ2v) is 4.23. The Kier molecular flexibility index (Phi) is 5.40. The zero-order valence-corrected chi connectivity index (χ0v) is 11.3. The Morgan fingerprint density at radius 2 is 2.05 bits per heavy atom. The van der Waals surface area contributed by atoms with Crippen molar-refractivity contribution in [3.63, 3.8) is 0 Å². The van der Waals surface area contributed by atoms with Gasteiger partial charge in [0.05, 0.1) is 5.69 Å². The smallest absolute Gasteiger partial charge is 0.303 e. The molecule has 6 heteroatoms. The summed E-state index contributed by atoms with van der Waals surface area (Å²) in [5.41, 5.74) is 2.11. The van der Waals surface area contributed by atoms with Gasteiger partial charge in [-0.05, 0) is 12.5 Å². The predicted molar refractivity (Wildman–Crippen MR) is 76.9 cm³/mol. The molecule has 0 aliphatic carbocycles. The molecule has 21 heavy (non-hydrogen) atoms. The molecule has 0 fully saturated rings. The van der Waals surface area contributed by atoms with E-state index in [1.165, 1.54) is 6.33 Å². The molecule has 0 aliphatic heterocycles. The second-order valence-electron chi connectivity index (χ2n) is 4.23. The Hall–Kier alpha value is -2.76. The molecule has 0 radical (unpaired) electrons. The number of nitrogens with zero attached hydrogens (tertiary/aromatic N) is 3. The monoisotopic (exact) mass is 285 g/mol. The molecule has 108 valence electrons. The van der Waals surface area contributed by atoms with Gasteiger partial charge >= 0.3 is 5.97 Å².